The molecule has 0 spiro atoms. The van der Waals surface area contributed by atoms with Gasteiger partial charge in [0.25, 0.3) is 5.91 Å². The van der Waals surface area contributed by atoms with Gasteiger partial charge in [0, 0.05) is 30.4 Å². The number of aryl methyl sites for hydroxylation is 1. The molecule has 0 unspecified atom stereocenters. The summed E-state index contributed by atoms with van der Waals surface area (Å²) in [6, 6.07) is 18.3. The molecule has 0 aliphatic rings. The van der Waals surface area contributed by atoms with Crippen molar-refractivity contribution in [3.05, 3.63) is 83.6 Å². The molecule has 1 amide bonds. The average molecular weight is 403 g/mol. The van der Waals surface area contributed by atoms with E-state index in [1.807, 2.05) is 53.3 Å². The molecule has 0 atom stereocenters. The SMILES string of the molecule is CCc1ccc(-c2nn(Cc3ccccc3)cc2/C=C/C(=O)OCC(=O)NC)cc1. The Morgan fingerprint density at radius 2 is 1.80 bits per heavy atom. The van der Waals surface area contributed by atoms with Gasteiger partial charge in [-0.3, -0.25) is 9.48 Å². The number of benzene rings is 2. The van der Waals surface area contributed by atoms with Gasteiger partial charge in [-0.05, 0) is 23.6 Å². The highest BCUT2D eigenvalue weighted by molar-refractivity contribution is 5.90. The van der Waals surface area contributed by atoms with Gasteiger partial charge in [0.15, 0.2) is 6.61 Å². The molecule has 1 heterocycles. The average Bonchev–Trinajstić information content (AvgIpc) is 3.19. The van der Waals surface area contributed by atoms with Gasteiger partial charge in [0.2, 0.25) is 0 Å². The first-order chi connectivity index (χ1) is 14.6. The number of amides is 1. The van der Waals surface area contributed by atoms with Crippen LogP contribution in [0.1, 0.15) is 23.6 Å². The summed E-state index contributed by atoms with van der Waals surface area (Å²) in [4.78, 5) is 23.2. The van der Waals surface area contributed by atoms with Crippen LogP contribution in [0.5, 0.6) is 0 Å². The molecule has 0 radical (unpaired) electrons. The van der Waals surface area contributed by atoms with Crippen molar-refractivity contribution in [3.63, 3.8) is 0 Å². The summed E-state index contributed by atoms with van der Waals surface area (Å²) in [5, 5.41) is 7.15. The lowest BCUT2D eigenvalue weighted by atomic mass is 10.0. The van der Waals surface area contributed by atoms with Crippen molar-refractivity contribution in [2.75, 3.05) is 13.7 Å². The second kappa shape index (κ2) is 10.2. The lowest BCUT2D eigenvalue weighted by Gasteiger charge is -2.02. The van der Waals surface area contributed by atoms with Crippen LogP contribution in [0, 0.1) is 0 Å². The maximum absolute atomic E-state index is 11.9. The third-order valence-electron chi connectivity index (χ3n) is 4.64. The van der Waals surface area contributed by atoms with Crippen LogP contribution in [0.2, 0.25) is 0 Å². The molecule has 154 valence electrons. The Balaban J connectivity index is 1.85. The molecule has 0 bridgehead atoms. The second-order valence-electron chi connectivity index (χ2n) is 6.78. The van der Waals surface area contributed by atoms with Crippen LogP contribution in [0.3, 0.4) is 0 Å². The summed E-state index contributed by atoms with van der Waals surface area (Å²) >= 11 is 0. The molecule has 30 heavy (non-hydrogen) atoms. The lowest BCUT2D eigenvalue weighted by molar-refractivity contribution is -0.143. The van der Waals surface area contributed by atoms with E-state index < -0.39 is 5.97 Å². The van der Waals surface area contributed by atoms with Crippen LogP contribution in [0.4, 0.5) is 0 Å². The molecular formula is C24H25N3O3. The van der Waals surface area contributed by atoms with Gasteiger partial charge >= 0.3 is 5.97 Å². The number of nitrogens with one attached hydrogen (secondary N) is 1. The molecular weight excluding hydrogens is 378 g/mol. The zero-order valence-electron chi connectivity index (χ0n) is 17.2. The van der Waals surface area contributed by atoms with Gasteiger partial charge < -0.3 is 10.1 Å². The molecule has 0 saturated heterocycles. The topological polar surface area (TPSA) is 73.2 Å². The first-order valence-corrected chi connectivity index (χ1v) is 9.85. The van der Waals surface area contributed by atoms with Crippen LogP contribution in [0.25, 0.3) is 17.3 Å². The van der Waals surface area contributed by atoms with Gasteiger partial charge in [-0.1, -0.05) is 61.5 Å². The van der Waals surface area contributed by atoms with Gasteiger partial charge in [-0.15, -0.1) is 0 Å². The third-order valence-corrected chi connectivity index (χ3v) is 4.64. The number of ether oxygens (including phenoxy) is 1. The first-order valence-electron chi connectivity index (χ1n) is 9.85. The number of esters is 1. The maximum Gasteiger partial charge on any atom is 0.331 e. The van der Waals surface area contributed by atoms with Crippen molar-refractivity contribution >= 4 is 18.0 Å². The van der Waals surface area contributed by atoms with Crippen molar-refractivity contribution in [2.24, 2.45) is 0 Å². The molecule has 1 N–H and O–H groups in total. The van der Waals surface area contributed by atoms with E-state index in [9.17, 15) is 9.59 Å². The van der Waals surface area contributed by atoms with Gasteiger partial charge in [-0.25, -0.2) is 4.79 Å². The molecule has 0 aliphatic heterocycles. The fourth-order valence-electron chi connectivity index (χ4n) is 2.95. The monoisotopic (exact) mass is 403 g/mol. The van der Waals surface area contributed by atoms with Crippen molar-refractivity contribution in [2.45, 2.75) is 19.9 Å². The van der Waals surface area contributed by atoms with Gasteiger partial charge in [0.05, 0.1) is 12.2 Å². The number of hydrogen-bond donors (Lipinski definition) is 1. The Morgan fingerprint density at radius 3 is 2.47 bits per heavy atom. The predicted octanol–water partition coefficient (Wildman–Crippen LogP) is 3.46. The smallest absolute Gasteiger partial charge is 0.331 e. The van der Waals surface area contributed by atoms with E-state index in [0.29, 0.717) is 6.54 Å². The summed E-state index contributed by atoms with van der Waals surface area (Å²) in [6.45, 7) is 2.43. The number of aromatic nitrogens is 2. The van der Waals surface area contributed by atoms with E-state index in [1.165, 1.54) is 18.7 Å². The minimum atomic E-state index is -0.582. The summed E-state index contributed by atoms with van der Waals surface area (Å²) in [5.74, 6) is -0.939. The highest BCUT2D eigenvalue weighted by Crippen LogP contribution is 2.24. The molecule has 0 fully saturated rings. The third kappa shape index (κ3) is 5.67. The highest BCUT2D eigenvalue weighted by Gasteiger charge is 2.11. The maximum atomic E-state index is 11.9. The van der Waals surface area contributed by atoms with E-state index in [-0.39, 0.29) is 12.5 Å². The molecule has 6 heteroatoms. The first kappa shape index (κ1) is 21.0. The zero-order chi connectivity index (χ0) is 21.3. The molecule has 1 aromatic heterocycles. The Bertz CT molecular complexity index is 1020. The standard InChI is InChI=1S/C24H25N3O3/c1-3-18-9-11-20(12-10-18)24-21(13-14-23(29)30-17-22(28)25-2)16-27(26-24)15-19-7-5-4-6-8-19/h4-14,16H,3,15,17H2,1-2H3,(H,25,28)/b14-13+. The van der Waals surface area contributed by atoms with Gasteiger partial charge in [-0.2, -0.15) is 5.10 Å². The Kier molecular flexibility index (Phi) is 7.16. The Morgan fingerprint density at radius 1 is 1.07 bits per heavy atom. The number of likely N-dealkylation sites (N-methyl/N-ethyl adjacent to an activating group) is 1. The van der Waals surface area contributed by atoms with E-state index >= 15 is 0 Å². The molecule has 0 aliphatic carbocycles. The quantitative estimate of drug-likeness (QED) is 0.462. The molecule has 3 rings (SSSR count). The van der Waals surface area contributed by atoms with Crippen LogP contribution < -0.4 is 5.32 Å². The largest absolute Gasteiger partial charge is 0.452 e. The van der Waals surface area contributed by atoms with Crippen molar-refractivity contribution < 1.29 is 14.3 Å². The van der Waals surface area contributed by atoms with Crippen molar-refractivity contribution in [1.29, 1.82) is 0 Å². The molecule has 2 aromatic carbocycles. The van der Waals surface area contributed by atoms with E-state index in [1.54, 1.807) is 6.08 Å². The lowest BCUT2D eigenvalue weighted by Crippen LogP contribution is -2.24. The molecule has 3 aromatic rings. The van der Waals surface area contributed by atoms with Crippen LogP contribution >= 0.6 is 0 Å². The van der Waals surface area contributed by atoms with E-state index in [2.05, 4.69) is 24.4 Å². The van der Waals surface area contributed by atoms with Crippen LogP contribution in [-0.2, 0) is 27.3 Å². The normalized spacial score (nSPS) is 10.9. The number of rotatable bonds is 8. The molecule has 6 nitrogen and oxygen atoms in total. The van der Waals surface area contributed by atoms with Gasteiger partial charge in [0.1, 0.15) is 0 Å². The van der Waals surface area contributed by atoms with Crippen LogP contribution in [0.15, 0.2) is 66.9 Å². The van der Waals surface area contributed by atoms with E-state index in [4.69, 9.17) is 9.84 Å². The summed E-state index contributed by atoms with van der Waals surface area (Å²) < 4.78 is 6.78. The van der Waals surface area contributed by atoms with E-state index in [0.717, 1.165) is 28.8 Å². The Labute approximate surface area is 176 Å². The summed E-state index contributed by atoms with van der Waals surface area (Å²) in [7, 11) is 1.49. The van der Waals surface area contributed by atoms with Crippen molar-refractivity contribution in [3.8, 4) is 11.3 Å². The number of carbonyl (C=O) groups is 2. The second-order valence-corrected chi connectivity index (χ2v) is 6.78. The summed E-state index contributed by atoms with van der Waals surface area (Å²) in [5.41, 5.74) is 4.93. The zero-order valence-corrected chi connectivity index (χ0v) is 17.2. The molecule has 0 saturated carbocycles. The van der Waals surface area contributed by atoms with Crippen LogP contribution in [-0.4, -0.2) is 35.3 Å². The predicted molar refractivity (Wildman–Crippen MR) is 117 cm³/mol. The fraction of sp³-hybridized carbons (Fsp3) is 0.208. The number of hydrogen-bond acceptors (Lipinski definition) is 4. The minimum absolute atomic E-state index is 0.307. The highest BCUT2D eigenvalue weighted by atomic mass is 16.5. The Hall–Kier alpha value is -3.67. The minimum Gasteiger partial charge on any atom is -0.452 e. The van der Waals surface area contributed by atoms with Crippen molar-refractivity contribution in [1.82, 2.24) is 15.1 Å². The number of nitrogens with zero attached hydrogens (tertiary/aromatic N) is 2. The summed E-state index contributed by atoms with van der Waals surface area (Å²) in [6.07, 6.45) is 5.85. The fourth-order valence-corrected chi connectivity index (χ4v) is 2.95. The number of carbonyl (C=O) groups excluding carboxylic acids is 2.